The van der Waals surface area contributed by atoms with Crippen molar-refractivity contribution in [2.75, 3.05) is 38.2 Å². The Hall–Kier alpha value is -2.28. The normalized spacial score (nSPS) is 18.9. The molecule has 0 N–H and O–H groups in total. The molecule has 7 nitrogen and oxygen atoms in total. The largest absolute Gasteiger partial charge is 0.465 e. The van der Waals surface area contributed by atoms with Gasteiger partial charge in [-0.05, 0) is 70.7 Å². The number of ether oxygens (including phenoxy) is 3. The summed E-state index contributed by atoms with van der Waals surface area (Å²) in [5, 5.41) is 0. The van der Waals surface area contributed by atoms with Crippen molar-refractivity contribution in [3.63, 3.8) is 0 Å². The lowest BCUT2D eigenvalue weighted by molar-refractivity contribution is -0.0535. The van der Waals surface area contributed by atoms with Crippen LogP contribution in [0.2, 0.25) is 0 Å². The van der Waals surface area contributed by atoms with Crippen molar-refractivity contribution in [2.24, 2.45) is 0 Å². The summed E-state index contributed by atoms with van der Waals surface area (Å²) >= 11 is 0. The molecule has 166 valence electrons. The Labute approximate surface area is 179 Å². The molecule has 0 saturated carbocycles. The van der Waals surface area contributed by atoms with Crippen LogP contribution in [-0.4, -0.2) is 68.1 Å². The summed E-state index contributed by atoms with van der Waals surface area (Å²) in [6.45, 7) is 8.90. The fourth-order valence-corrected chi connectivity index (χ4v) is 3.95. The maximum absolute atomic E-state index is 12.2. The van der Waals surface area contributed by atoms with Crippen LogP contribution >= 0.6 is 0 Å². The van der Waals surface area contributed by atoms with Crippen LogP contribution in [0.4, 0.5) is 10.5 Å². The molecule has 0 atom stereocenters. The van der Waals surface area contributed by atoms with E-state index in [1.165, 1.54) is 7.11 Å². The van der Waals surface area contributed by atoms with E-state index in [1.807, 2.05) is 45.0 Å². The number of hydrogen-bond acceptors (Lipinski definition) is 6. The third-order valence-electron chi connectivity index (χ3n) is 5.57. The van der Waals surface area contributed by atoms with Crippen LogP contribution in [0.15, 0.2) is 24.3 Å². The lowest BCUT2D eigenvalue weighted by Crippen LogP contribution is -2.45. The number of carbonyl (C=O) groups is 2. The molecule has 0 radical (unpaired) electrons. The van der Waals surface area contributed by atoms with E-state index in [1.54, 1.807) is 4.90 Å². The number of benzene rings is 1. The van der Waals surface area contributed by atoms with Gasteiger partial charge < -0.3 is 24.0 Å². The Kier molecular flexibility index (Phi) is 7.23. The minimum atomic E-state index is -0.460. The van der Waals surface area contributed by atoms with E-state index in [0.29, 0.717) is 18.7 Å². The van der Waals surface area contributed by atoms with Gasteiger partial charge in [-0.15, -0.1) is 0 Å². The average Bonchev–Trinajstić information content (AvgIpc) is 2.73. The summed E-state index contributed by atoms with van der Waals surface area (Å²) in [5.41, 5.74) is 1.22. The van der Waals surface area contributed by atoms with E-state index in [4.69, 9.17) is 14.2 Å². The Bertz CT molecular complexity index is 712. The summed E-state index contributed by atoms with van der Waals surface area (Å²) in [5.74, 6) is -0.314. The number of hydrogen-bond donors (Lipinski definition) is 0. The molecule has 1 aromatic carbocycles. The lowest BCUT2D eigenvalue weighted by Gasteiger charge is -2.38. The van der Waals surface area contributed by atoms with Crippen molar-refractivity contribution in [3.05, 3.63) is 29.8 Å². The van der Waals surface area contributed by atoms with Gasteiger partial charge in [0.15, 0.2) is 0 Å². The highest BCUT2D eigenvalue weighted by molar-refractivity contribution is 5.89. The lowest BCUT2D eigenvalue weighted by atomic mass is 10.0. The zero-order valence-corrected chi connectivity index (χ0v) is 18.6. The van der Waals surface area contributed by atoms with E-state index in [-0.39, 0.29) is 24.3 Å². The van der Waals surface area contributed by atoms with Gasteiger partial charge in [0, 0.05) is 31.9 Å². The Balaban J connectivity index is 1.40. The Morgan fingerprint density at radius 1 is 0.900 bits per heavy atom. The Morgan fingerprint density at radius 3 is 1.93 bits per heavy atom. The number of esters is 1. The van der Waals surface area contributed by atoms with Gasteiger partial charge in [-0.3, -0.25) is 0 Å². The summed E-state index contributed by atoms with van der Waals surface area (Å²) in [6, 6.07) is 7.56. The highest BCUT2D eigenvalue weighted by atomic mass is 16.6. The molecular formula is C23H34N2O5. The second kappa shape index (κ2) is 9.69. The van der Waals surface area contributed by atoms with Crippen molar-refractivity contribution in [3.8, 4) is 0 Å². The summed E-state index contributed by atoms with van der Waals surface area (Å²) in [7, 11) is 1.39. The van der Waals surface area contributed by atoms with Gasteiger partial charge in [0.1, 0.15) is 5.60 Å². The number of rotatable bonds is 4. The molecular weight excluding hydrogens is 384 g/mol. The number of nitrogens with zero attached hydrogens (tertiary/aromatic N) is 2. The van der Waals surface area contributed by atoms with Crippen molar-refractivity contribution in [2.45, 2.75) is 64.3 Å². The predicted molar refractivity (Wildman–Crippen MR) is 115 cm³/mol. The molecule has 0 spiro atoms. The maximum atomic E-state index is 12.2. The van der Waals surface area contributed by atoms with Crippen LogP contribution in [0.1, 0.15) is 56.8 Å². The van der Waals surface area contributed by atoms with Crippen molar-refractivity contribution in [1.82, 2.24) is 4.90 Å². The molecule has 2 heterocycles. The third kappa shape index (κ3) is 6.11. The number of amides is 1. The van der Waals surface area contributed by atoms with Gasteiger partial charge in [-0.2, -0.15) is 0 Å². The second-order valence-corrected chi connectivity index (χ2v) is 9.03. The van der Waals surface area contributed by atoms with E-state index in [0.717, 1.165) is 44.5 Å². The standard InChI is InChI=1S/C23H34N2O5/c1-23(2,3)30-22(27)25-15-11-20(12-16-25)29-19-9-13-24(14-10-19)18-7-5-17(6-8-18)21(26)28-4/h5-8,19-20H,9-16H2,1-4H3. The molecule has 0 aromatic heterocycles. The summed E-state index contributed by atoms with van der Waals surface area (Å²) in [6.07, 6.45) is 3.90. The van der Waals surface area contributed by atoms with Crippen molar-refractivity contribution >= 4 is 17.7 Å². The maximum Gasteiger partial charge on any atom is 0.410 e. The zero-order valence-electron chi connectivity index (χ0n) is 18.6. The predicted octanol–water partition coefficient (Wildman–Crippen LogP) is 3.86. The van der Waals surface area contributed by atoms with E-state index in [9.17, 15) is 9.59 Å². The number of piperidine rings is 2. The minimum absolute atomic E-state index is 0.208. The first-order chi connectivity index (χ1) is 14.2. The quantitative estimate of drug-likeness (QED) is 0.692. The van der Waals surface area contributed by atoms with Crippen molar-refractivity contribution < 1.29 is 23.8 Å². The topological polar surface area (TPSA) is 68.3 Å². The third-order valence-corrected chi connectivity index (χ3v) is 5.57. The van der Waals surface area contributed by atoms with Crippen LogP contribution < -0.4 is 4.90 Å². The molecule has 2 aliphatic heterocycles. The first-order valence-corrected chi connectivity index (χ1v) is 10.8. The molecule has 2 saturated heterocycles. The van der Waals surface area contributed by atoms with Gasteiger partial charge in [0.2, 0.25) is 0 Å². The highest BCUT2D eigenvalue weighted by Gasteiger charge is 2.29. The van der Waals surface area contributed by atoms with Gasteiger partial charge >= 0.3 is 12.1 Å². The molecule has 7 heteroatoms. The van der Waals surface area contributed by atoms with Gasteiger partial charge in [-0.25, -0.2) is 9.59 Å². The van der Waals surface area contributed by atoms with Crippen LogP contribution in [0.3, 0.4) is 0 Å². The molecule has 0 unspecified atom stereocenters. The van der Waals surface area contributed by atoms with Crippen LogP contribution in [0.5, 0.6) is 0 Å². The molecule has 1 amide bonds. The molecule has 2 aliphatic rings. The van der Waals surface area contributed by atoms with Crippen molar-refractivity contribution in [1.29, 1.82) is 0 Å². The monoisotopic (exact) mass is 418 g/mol. The van der Waals surface area contributed by atoms with Crippen LogP contribution in [0.25, 0.3) is 0 Å². The second-order valence-electron chi connectivity index (χ2n) is 9.03. The fourth-order valence-electron chi connectivity index (χ4n) is 3.95. The molecule has 3 rings (SSSR count). The minimum Gasteiger partial charge on any atom is -0.465 e. The smallest absolute Gasteiger partial charge is 0.410 e. The first-order valence-electron chi connectivity index (χ1n) is 10.8. The SMILES string of the molecule is COC(=O)c1ccc(N2CCC(OC3CCN(C(=O)OC(C)(C)C)CC3)CC2)cc1. The molecule has 0 aliphatic carbocycles. The van der Waals surface area contributed by atoms with Gasteiger partial charge in [-0.1, -0.05) is 0 Å². The van der Waals surface area contributed by atoms with Gasteiger partial charge in [0.25, 0.3) is 0 Å². The molecule has 2 fully saturated rings. The molecule has 30 heavy (non-hydrogen) atoms. The number of carbonyl (C=O) groups excluding carboxylic acids is 2. The van der Waals surface area contributed by atoms with Crippen LogP contribution in [-0.2, 0) is 14.2 Å². The molecule has 0 bridgehead atoms. The number of methoxy groups -OCH3 is 1. The zero-order chi connectivity index (χ0) is 21.7. The van der Waals surface area contributed by atoms with Crippen LogP contribution in [0, 0.1) is 0 Å². The van der Waals surface area contributed by atoms with E-state index >= 15 is 0 Å². The molecule has 1 aromatic rings. The highest BCUT2D eigenvalue weighted by Crippen LogP contribution is 2.25. The number of anilines is 1. The summed E-state index contributed by atoms with van der Waals surface area (Å²) < 4.78 is 16.6. The Morgan fingerprint density at radius 2 is 1.43 bits per heavy atom. The number of likely N-dealkylation sites (tertiary alicyclic amines) is 1. The summed E-state index contributed by atoms with van der Waals surface area (Å²) in [4.78, 5) is 27.9. The average molecular weight is 419 g/mol. The van der Waals surface area contributed by atoms with E-state index < -0.39 is 5.60 Å². The van der Waals surface area contributed by atoms with Gasteiger partial charge in [0.05, 0.1) is 24.9 Å². The fraction of sp³-hybridized carbons (Fsp3) is 0.652. The first kappa shape index (κ1) is 22.4. The van der Waals surface area contributed by atoms with E-state index in [2.05, 4.69) is 4.90 Å².